The lowest BCUT2D eigenvalue weighted by Gasteiger charge is -2.19. The van der Waals surface area contributed by atoms with Crippen molar-refractivity contribution in [3.05, 3.63) is 18.2 Å². The molecule has 1 aliphatic rings. The second kappa shape index (κ2) is 4.56. The second-order valence-corrected chi connectivity index (χ2v) is 4.17. The fraction of sp³-hybridized carbons (Fsp3) is 0.333. The van der Waals surface area contributed by atoms with Gasteiger partial charge < -0.3 is 20.5 Å². The van der Waals surface area contributed by atoms with E-state index in [2.05, 4.69) is 0 Å². The highest BCUT2D eigenvalue weighted by molar-refractivity contribution is 6.00. The molecule has 6 heteroatoms. The number of amides is 1. The van der Waals surface area contributed by atoms with Gasteiger partial charge in [0, 0.05) is 18.7 Å². The first kappa shape index (κ1) is 12.2. The smallest absolute Gasteiger partial charge is 0.308 e. The number of carboxylic acid groups (broad SMARTS) is 1. The first-order valence-corrected chi connectivity index (χ1v) is 5.49. The highest BCUT2D eigenvalue weighted by Crippen LogP contribution is 2.34. The van der Waals surface area contributed by atoms with Crippen molar-refractivity contribution in [1.29, 1.82) is 0 Å². The molecule has 1 aromatic carbocycles. The molecule has 0 bridgehead atoms. The lowest BCUT2D eigenvalue weighted by molar-refractivity contribution is -0.141. The lowest BCUT2D eigenvalue weighted by atomic mass is 10.1. The number of aliphatic carboxylic acids is 1. The minimum Gasteiger partial charge on any atom is -0.495 e. The second-order valence-electron chi connectivity index (χ2n) is 4.17. The van der Waals surface area contributed by atoms with Crippen LogP contribution in [0.4, 0.5) is 11.4 Å². The summed E-state index contributed by atoms with van der Waals surface area (Å²) >= 11 is 0. The number of nitrogens with zero attached hydrogens (tertiary/aromatic N) is 1. The zero-order valence-electron chi connectivity index (χ0n) is 9.92. The van der Waals surface area contributed by atoms with E-state index in [-0.39, 0.29) is 18.9 Å². The van der Waals surface area contributed by atoms with Gasteiger partial charge in [-0.3, -0.25) is 9.59 Å². The number of carboxylic acids is 1. The number of carbonyl (C=O) groups is 2. The number of anilines is 2. The van der Waals surface area contributed by atoms with Crippen molar-refractivity contribution in [2.75, 3.05) is 24.3 Å². The van der Waals surface area contributed by atoms with Crippen molar-refractivity contribution in [3.63, 3.8) is 0 Å². The fourth-order valence-electron chi connectivity index (χ4n) is 2.02. The number of hydrogen-bond acceptors (Lipinski definition) is 4. The van der Waals surface area contributed by atoms with E-state index in [0.717, 1.165) is 0 Å². The maximum Gasteiger partial charge on any atom is 0.308 e. The predicted molar refractivity (Wildman–Crippen MR) is 65.5 cm³/mol. The Morgan fingerprint density at radius 2 is 2.28 bits per heavy atom. The van der Waals surface area contributed by atoms with Gasteiger partial charge in [0.2, 0.25) is 5.91 Å². The SMILES string of the molecule is COc1ccc(N)cc1N1CC(C(=O)O)CC1=O. The molecule has 0 radical (unpaired) electrons. The number of benzene rings is 1. The van der Waals surface area contributed by atoms with Crippen LogP contribution in [-0.2, 0) is 9.59 Å². The van der Waals surface area contributed by atoms with Gasteiger partial charge in [0.05, 0.1) is 18.7 Å². The quantitative estimate of drug-likeness (QED) is 0.771. The zero-order valence-corrected chi connectivity index (χ0v) is 9.92. The topological polar surface area (TPSA) is 92.9 Å². The molecule has 1 amide bonds. The van der Waals surface area contributed by atoms with E-state index in [9.17, 15) is 9.59 Å². The molecular formula is C12H14N2O4. The van der Waals surface area contributed by atoms with E-state index in [4.69, 9.17) is 15.6 Å². The molecule has 1 aromatic rings. The Morgan fingerprint density at radius 3 is 2.83 bits per heavy atom. The molecule has 0 saturated carbocycles. The monoisotopic (exact) mass is 250 g/mol. The van der Waals surface area contributed by atoms with Crippen molar-refractivity contribution >= 4 is 23.3 Å². The van der Waals surface area contributed by atoms with E-state index in [0.29, 0.717) is 17.1 Å². The van der Waals surface area contributed by atoms with Crippen LogP contribution in [0.3, 0.4) is 0 Å². The third-order valence-electron chi connectivity index (χ3n) is 2.97. The summed E-state index contributed by atoms with van der Waals surface area (Å²) in [5.41, 5.74) is 6.70. The summed E-state index contributed by atoms with van der Waals surface area (Å²) in [6.07, 6.45) is 0.00723. The van der Waals surface area contributed by atoms with Gasteiger partial charge in [-0.05, 0) is 18.2 Å². The molecule has 1 heterocycles. The minimum absolute atomic E-state index is 0.00723. The van der Waals surface area contributed by atoms with Crippen LogP contribution in [0.1, 0.15) is 6.42 Å². The number of ether oxygens (including phenoxy) is 1. The molecule has 0 aromatic heterocycles. The summed E-state index contributed by atoms with van der Waals surface area (Å²) in [4.78, 5) is 24.2. The summed E-state index contributed by atoms with van der Waals surface area (Å²) in [6.45, 7) is 0.147. The number of methoxy groups -OCH3 is 1. The van der Waals surface area contributed by atoms with Crippen LogP contribution < -0.4 is 15.4 Å². The number of nitrogens with two attached hydrogens (primary N) is 1. The van der Waals surface area contributed by atoms with Crippen LogP contribution in [-0.4, -0.2) is 30.6 Å². The molecule has 0 aliphatic carbocycles. The largest absolute Gasteiger partial charge is 0.495 e. The Hall–Kier alpha value is -2.24. The summed E-state index contributed by atoms with van der Waals surface area (Å²) in [5, 5.41) is 8.94. The van der Waals surface area contributed by atoms with Crippen molar-refractivity contribution < 1.29 is 19.4 Å². The Bertz CT molecular complexity index is 501. The van der Waals surface area contributed by atoms with Gasteiger partial charge in [0.1, 0.15) is 5.75 Å². The lowest BCUT2D eigenvalue weighted by Crippen LogP contribution is -2.26. The molecule has 1 saturated heterocycles. The van der Waals surface area contributed by atoms with Crippen LogP contribution >= 0.6 is 0 Å². The first-order chi connectivity index (χ1) is 8.52. The third kappa shape index (κ3) is 2.09. The molecule has 1 unspecified atom stereocenters. The highest BCUT2D eigenvalue weighted by Gasteiger charge is 2.36. The predicted octanol–water partition coefficient (Wildman–Crippen LogP) is 0.715. The Kier molecular flexibility index (Phi) is 3.10. The Labute approximate surface area is 104 Å². The van der Waals surface area contributed by atoms with Gasteiger partial charge in [-0.2, -0.15) is 0 Å². The average molecular weight is 250 g/mol. The maximum atomic E-state index is 11.8. The zero-order chi connectivity index (χ0) is 13.3. The van der Waals surface area contributed by atoms with Gasteiger partial charge in [0.25, 0.3) is 0 Å². The molecule has 3 N–H and O–H groups in total. The number of carbonyl (C=O) groups excluding carboxylic acids is 1. The molecule has 0 spiro atoms. The van der Waals surface area contributed by atoms with Crippen molar-refractivity contribution in [1.82, 2.24) is 0 Å². The summed E-state index contributed by atoms with van der Waals surface area (Å²) < 4.78 is 5.16. The normalized spacial score (nSPS) is 19.1. The summed E-state index contributed by atoms with van der Waals surface area (Å²) in [5.74, 6) is -1.37. The van der Waals surface area contributed by atoms with Gasteiger partial charge in [0.15, 0.2) is 0 Å². The molecule has 6 nitrogen and oxygen atoms in total. The van der Waals surface area contributed by atoms with E-state index in [1.165, 1.54) is 12.0 Å². The van der Waals surface area contributed by atoms with Crippen LogP contribution in [0.25, 0.3) is 0 Å². The van der Waals surface area contributed by atoms with Gasteiger partial charge in [-0.1, -0.05) is 0 Å². The van der Waals surface area contributed by atoms with E-state index < -0.39 is 11.9 Å². The van der Waals surface area contributed by atoms with Crippen molar-refractivity contribution in [2.24, 2.45) is 5.92 Å². The van der Waals surface area contributed by atoms with Crippen LogP contribution in [0, 0.1) is 5.92 Å². The highest BCUT2D eigenvalue weighted by atomic mass is 16.5. The molecule has 1 aliphatic heterocycles. The first-order valence-electron chi connectivity index (χ1n) is 5.49. The fourth-order valence-corrected chi connectivity index (χ4v) is 2.02. The van der Waals surface area contributed by atoms with Crippen LogP contribution in [0.5, 0.6) is 5.75 Å². The number of hydrogen-bond donors (Lipinski definition) is 2. The molecule has 1 atom stereocenters. The Morgan fingerprint density at radius 1 is 1.56 bits per heavy atom. The Balaban J connectivity index is 2.34. The summed E-state index contributed by atoms with van der Waals surface area (Å²) in [7, 11) is 1.49. The molecular weight excluding hydrogens is 236 g/mol. The van der Waals surface area contributed by atoms with Gasteiger partial charge in [-0.15, -0.1) is 0 Å². The van der Waals surface area contributed by atoms with E-state index in [1.807, 2.05) is 0 Å². The van der Waals surface area contributed by atoms with Crippen molar-refractivity contribution in [2.45, 2.75) is 6.42 Å². The maximum absolute atomic E-state index is 11.8. The average Bonchev–Trinajstić information content (AvgIpc) is 2.71. The minimum atomic E-state index is -0.964. The number of rotatable bonds is 3. The number of nitrogen functional groups attached to an aromatic ring is 1. The van der Waals surface area contributed by atoms with Crippen LogP contribution in [0.2, 0.25) is 0 Å². The summed E-state index contributed by atoms with van der Waals surface area (Å²) in [6, 6.07) is 4.94. The van der Waals surface area contributed by atoms with Crippen LogP contribution in [0.15, 0.2) is 18.2 Å². The third-order valence-corrected chi connectivity index (χ3v) is 2.97. The molecule has 96 valence electrons. The van der Waals surface area contributed by atoms with E-state index >= 15 is 0 Å². The van der Waals surface area contributed by atoms with E-state index in [1.54, 1.807) is 18.2 Å². The van der Waals surface area contributed by atoms with Gasteiger partial charge >= 0.3 is 5.97 Å². The molecule has 2 rings (SSSR count). The van der Waals surface area contributed by atoms with Crippen molar-refractivity contribution in [3.8, 4) is 5.75 Å². The van der Waals surface area contributed by atoms with Gasteiger partial charge in [-0.25, -0.2) is 0 Å². The molecule has 18 heavy (non-hydrogen) atoms. The standard InChI is InChI=1S/C12H14N2O4/c1-18-10-3-2-8(13)5-9(10)14-6-7(12(16)17)4-11(14)15/h2-3,5,7H,4,6,13H2,1H3,(H,16,17). The molecule has 1 fully saturated rings.